The van der Waals surface area contributed by atoms with Gasteiger partial charge in [0.15, 0.2) is 0 Å². The zero-order valence-corrected chi connectivity index (χ0v) is 15.4. The third-order valence-electron chi connectivity index (χ3n) is 4.26. The topological polar surface area (TPSA) is 57.8 Å². The van der Waals surface area contributed by atoms with Crippen molar-refractivity contribution < 1.29 is 18.0 Å². The standard InChI is InChI=1S/C22H16F3N3O/c1-15-6-2-3-10-20(15)28-11-5-9-19(28)12-16(14-26)21(29)27-18-8-4-7-17(13-18)22(23,24)25/h2-13H,1H3,(H,27,29)/b16-12-. The molecule has 0 aliphatic heterocycles. The molecule has 0 spiro atoms. The zero-order valence-electron chi connectivity index (χ0n) is 15.4. The molecule has 0 saturated heterocycles. The zero-order chi connectivity index (χ0) is 21.0. The molecule has 0 radical (unpaired) electrons. The number of amides is 1. The average molecular weight is 395 g/mol. The number of carbonyl (C=O) groups is 1. The molecule has 0 fully saturated rings. The summed E-state index contributed by atoms with van der Waals surface area (Å²) >= 11 is 0. The van der Waals surface area contributed by atoms with E-state index in [1.807, 2.05) is 41.8 Å². The minimum absolute atomic E-state index is 0.0414. The summed E-state index contributed by atoms with van der Waals surface area (Å²) in [6.45, 7) is 1.94. The molecule has 1 heterocycles. The SMILES string of the molecule is Cc1ccccc1-n1cccc1/C=C(/C#N)C(=O)Nc1cccc(C(F)(F)F)c1. The van der Waals surface area contributed by atoms with Crippen LogP contribution in [0.4, 0.5) is 18.9 Å². The number of para-hydroxylation sites is 1. The van der Waals surface area contributed by atoms with E-state index in [1.54, 1.807) is 18.3 Å². The van der Waals surface area contributed by atoms with Crippen LogP contribution in [0.5, 0.6) is 0 Å². The van der Waals surface area contributed by atoms with Crippen LogP contribution >= 0.6 is 0 Å². The molecule has 2 aromatic carbocycles. The van der Waals surface area contributed by atoms with Crippen molar-refractivity contribution in [3.05, 3.63) is 89.3 Å². The fraction of sp³-hybridized carbons (Fsp3) is 0.0909. The molecule has 0 aliphatic carbocycles. The summed E-state index contributed by atoms with van der Waals surface area (Å²) < 4.78 is 40.3. The summed E-state index contributed by atoms with van der Waals surface area (Å²) in [7, 11) is 0. The first kappa shape index (κ1) is 20.0. The summed E-state index contributed by atoms with van der Waals surface area (Å²) in [5, 5.41) is 11.8. The number of nitrogens with one attached hydrogen (secondary N) is 1. The monoisotopic (exact) mass is 395 g/mol. The lowest BCUT2D eigenvalue weighted by Gasteiger charge is -2.11. The van der Waals surface area contributed by atoms with Gasteiger partial charge in [-0.2, -0.15) is 18.4 Å². The first-order valence-electron chi connectivity index (χ1n) is 8.63. The van der Waals surface area contributed by atoms with Gasteiger partial charge in [0.1, 0.15) is 11.6 Å². The predicted octanol–water partition coefficient (Wildman–Crippen LogP) is 5.35. The fourth-order valence-electron chi connectivity index (χ4n) is 2.83. The van der Waals surface area contributed by atoms with Crippen molar-refractivity contribution >= 4 is 17.7 Å². The van der Waals surface area contributed by atoms with E-state index >= 15 is 0 Å². The van der Waals surface area contributed by atoms with Gasteiger partial charge in [0.05, 0.1) is 5.56 Å². The minimum atomic E-state index is -4.52. The Labute approximate surface area is 165 Å². The molecule has 4 nitrogen and oxygen atoms in total. The molecule has 0 atom stereocenters. The average Bonchev–Trinajstić information content (AvgIpc) is 3.14. The van der Waals surface area contributed by atoms with E-state index in [4.69, 9.17) is 0 Å². The van der Waals surface area contributed by atoms with Gasteiger partial charge < -0.3 is 9.88 Å². The minimum Gasteiger partial charge on any atom is -0.321 e. The molecule has 1 amide bonds. The maximum Gasteiger partial charge on any atom is 0.416 e. The highest BCUT2D eigenvalue weighted by atomic mass is 19.4. The second-order valence-corrected chi connectivity index (χ2v) is 6.29. The van der Waals surface area contributed by atoms with Crippen LogP contribution in [0.3, 0.4) is 0 Å². The van der Waals surface area contributed by atoms with Crippen LogP contribution in [0.25, 0.3) is 11.8 Å². The first-order valence-corrected chi connectivity index (χ1v) is 8.63. The Morgan fingerprint density at radius 1 is 1.10 bits per heavy atom. The second kappa shape index (κ2) is 8.07. The van der Waals surface area contributed by atoms with E-state index in [0.29, 0.717) is 5.69 Å². The number of aromatic nitrogens is 1. The van der Waals surface area contributed by atoms with Crippen molar-refractivity contribution in [3.63, 3.8) is 0 Å². The van der Waals surface area contributed by atoms with Gasteiger partial charge in [-0.1, -0.05) is 24.3 Å². The summed E-state index contributed by atoms with van der Waals surface area (Å²) in [5.41, 5.74) is 1.34. The van der Waals surface area contributed by atoms with Gasteiger partial charge in [-0.3, -0.25) is 4.79 Å². The molecule has 29 heavy (non-hydrogen) atoms. The normalized spacial score (nSPS) is 11.8. The van der Waals surface area contributed by atoms with Gasteiger partial charge in [-0.05, 0) is 55.0 Å². The Hall–Kier alpha value is -3.79. The summed E-state index contributed by atoms with van der Waals surface area (Å²) in [4.78, 5) is 12.5. The molecule has 0 bridgehead atoms. The molecule has 3 aromatic rings. The molecular formula is C22H16F3N3O. The maximum absolute atomic E-state index is 12.8. The van der Waals surface area contributed by atoms with Crippen molar-refractivity contribution in [1.29, 1.82) is 5.26 Å². The number of anilines is 1. The predicted molar refractivity (Wildman–Crippen MR) is 104 cm³/mol. The van der Waals surface area contributed by atoms with E-state index in [0.717, 1.165) is 23.4 Å². The van der Waals surface area contributed by atoms with E-state index < -0.39 is 17.6 Å². The number of hydrogen-bond donors (Lipinski definition) is 1. The Kier molecular flexibility index (Phi) is 5.55. The third-order valence-corrected chi connectivity index (χ3v) is 4.26. The summed E-state index contributed by atoms with van der Waals surface area (Å²) in [5.74, 6) is -0.788. The number of benzene rings is 2. The lowest BCUT2D eigenvalue weighted by atomic mass is 10.1. The third kappa shape index (κ3) is 4.55. The Morgan fingerprint density at radius 2 is 1.86 bits per heavy atom. The van der Waals surface area contributed by atoms with Gasteiger partial charge in [0.25, 0.3) is 5.91 Å². The van der Waals surface area contributed by atoms with Gasteiger partial charge in [0.2, 0.25) is 0 Å². The highest BCUT2D eigenvalue weighted by molar-refractivity contribution is 6.09. The lowest BCUT2D eigenvalue weighted by molar-refractivity contribution is -0.137. The van der Waals surface area contributed by atoms with Crippen molar-refractivity contribution in [2.45, 2.75) is 13.1 Å². The molecule has 7 heteroatoms. The van der Waals surface area contributed by atoms with E-state index in [1.165, 1.54) is 18.2 Å². The molecule has 0 unspecified atom stereocenters. The van der Waals surface area contributed by atoms with E-state index in [-0.39, 0.29) is 11.3 Å². The Bertz CT molecular complexity index is 1120. The number of aryl methyl sites for hydroxylation is 1. The highest BCUT2D eigenvalue weighted by Gasteiger charge is 2.30. The van der Waals surface area contributed by atoms with Crippen molar-refractivity contribution in [2.75, 3.05) is 5.32 Å². The van der Waals surface area contributed by atoms with Crippen LogP contribution in [0.2, 0.25) is 0 Å². The molecule has 3 rings (SSSR count). The number of nitrogens with zero attached hydrogens (tertiary/aromatic N) is 2. The largest absolute Gasteiger partial charge is 0.416 e. The van der Waals surface area contributed by atoms with Gasteiger partial charge in [0, 0.05) is 23.3 Å². The molecule has 1 N–H and O–H groups in total. The van der Waals surface area contributed by atoms with Gasteiger partial charge >= 0.3 is 6.18 Å². The molecule has 0 aliphatic rings. The maximum atomic E-state index is 12.8. The van der Waals surface area contributed by atoms with E-state index in [9.17, 15) is 23.2 Å². The smallest absolute Gasteiger partial charge is 0.321 e. The molecule has 1 aromatic heterocycles. The highest BCUT2D eigenvalue weighted by Crippen LogP contribution is 2.30. The molecule has 146 valence electrons. The van der Waals surface area contributed by atoms with Crippen molar-refractivity contribution in [1.82, 2.24) is 4.57 Å². The first-order chi connectivity index (χ1) is 13.8. The second-order valence-electron chi connectivity index (χ2n) is 6.29. The number of nitriles is 1. The Balaban J connectivity index is 1.89. The number of carbonyl (C=O) groups excluding carboxylic acids is 1. The van der Waals surface area contributed by atoms with Crippen LogP contribution in [-0.2, 0) is 11.0 Å². The lowest BCUT2D eigenvalue weighted by Crippen LogP contribution is -2.14. The van der Waals surface area contributed by atoms with Gasteiger partial charge in [-0.25, -0.2) is 0 Å². The van der Waals surface area contributed by atoms with Crippen molar-refractivity contribution in [3.8, 4) is 11.8 Å². The quantitative estimate of drug-likeness (QED) is 0.478. The van der Waals surface area contributed by atoms with E-state index in [2.05, 4.69) is 5.32 Å². The number of rotatable bonds is 4. The number of halogens is 3. The summed E-state index contributed by atoms with van der Waals surface area (Å²) in [6.07, 6.45) is -1.33. The van der Waals surface area contributed by atoms with Crippen LogP contribution in [0.15, 0.2) is 72.4 Å². The van der Waals surface area contributed by atoms with Crippen molar-refractivity contribution in [2.24, 2.45) is 0 Å². The van der Waals surface area contributed by atoms with Gasteiger partial charge in [-0.15, -0.1) is 0 Å². The molecule has 0 saturated carbocycles. The Morgan fingerprint density at radius 3 is 2.55 bits per heavy atom. The fourth-order valence-corrected chi connectivity index (χ4v) is 2.83. The number of alkyl halides is 3. The molecular weight excluding hydrogens is 379 g/mol. The summed E-state index contributed by atoms with van der Waals surface area (Å²) in [6, 6.07) is 17.2. The van der Waals surface area contributed by atoms with Crippen LogP contribution in [0.1, 0.15) is 16.8 Å². The number of hydrogen-bond acceptors (Lipinski definition) is 2. The van der Waals surface area contributed by atoms with Crippen LogP contribution < -0.4 is 5.32 Å². The van der Waals surface area contributed by atoms with Crippen LogP contribution in [-0.4, -0.2) is 10.5 Å². The van der Waals surface area contributed by atoms with Crippen LogP contribution in [0, 0.1) is 18.3 Å².